The lowest BCUT2D eigenvalue weighted by Gasteiger charge is -2.23. The molecule has 2 amide bonds. The van der Waals surface area contributed by atoms with Crippen LogP contribution in [0.1, 0.15) is 32.1 Å². The Morgan fingerprint density at radius 3 is 2.72 bits per heavy atom. The van der Waals surface area contributed by atoms with E-state index in [1.807, 2.05) is 0 Å². The van der Waals surface area contributed by atoms with Gasteiger partial charge in [-0.05, 0) is 45.3 Å². The number of amides is 2. The lowest BCUT2D eigenvalue weighted by Crippen LogP contribution is -2.47. The van der Waals surface area contributed by atoms with E-state index in [9.17, 15) is 4.79 Å². The van der Waals surface area contributed by atoms with Gasteiger partial charge in [0, 0.05) is 25.7 Å². The highest BCUT2D eigenvalue weighted by molar-refractivity contribution is 5.73. The van der Waals surface area contributed by atoms with Gasteiger partial charge in [0.1, 0.15) is 0 Å². The Morgan fingerprint density at radius 2 is 2.00 bits per heavy atom. The molecule has 5 nitrogen and oxygen atoms in total. The van der Waals surface area contributed by atoms with E-state index in [4.69, 9.17) is 0 Å². The predicted molar refractivity (Wildman–Crippen MR) is 72.7 cm³/mol. The summed E-state index contributed by atoms with van der Waals surface area (Å²) in [5.74, 6) is 0. The third-order valence-electron chi connectivity index (χ3n) is 3.83. The van der Waals surface area contributed by atoms with Gasteiger partial charge in [-0.1, -0.05) is 6.42 Å². The number of nitrogens with zero attached hydrogens (tertiary/aromatic N) is 1. The van der Waals surface area contributed by atoms with Crippen LogP contribution >= 0.6 is 0 Å². The molecule has 0 aromatic carbocycles. The van der Waals surface area contributed by atoms with Crippen LogP contribution in [-0.2, 0) is 0 Å². The molecule has 2 aliphatic heterocycles. The van der Waals surface area contributed by atoms with E-state index in [0.29, 0.717) is 6.04 Å². The minimum atomic E-state index is -0.0263. The summed E-state index contributed by atoms with van der Waals surface area (Å²) in [6.45, 7) is 5.95. The first kappa shape index (κ1) is 13.6. The minimum Gasteiger partial charge on any atom is -0.337 e. The van der Waals surface area contributed by atoms with Crippen LogP contribution in [0.4, 0.5) is 4.79 Å². The number of nitrogens with one attached hydrogen (secondary N) is 3. The van der Waals surface area contributed by atoms with E-state index in [2.05, 4.69) is 20.9 Å². The van der Waals surface area contributed by atoms with Crippen molar-refractivity contribution < 1.29 is 4.79 Å². The van der Waals surface area contributed by atoms with Crippen molar-refractivity contribution in [1.29, 1.82) is 0 Å². The molecule has 0 saturated carbocycles. The maximum Gasteiger partial charge on any atom is 0.314 e. The standard InChI is InChI=1S/C13H26N4O/c18-13(15-7-10-17-8-3-4-9-17)16-11-12-5-1-2-6-14-12/h12,14H,1-11H2,(H2,15,16,18). The summed E-state index contributed by atoms with van der Waals surface area (Å²) in [7, 11) is 0. The van der Waals surface area contributed by atoms with Gasteiger partial charge in [0.25, 0.3) is 0 Å². The van der Waals surface area contributed by atoms with Crippen molar-refractivity contribution in [2.45, 2.75) is 38.1 Å². The molecule has 0 aromatic rings. The summed E-state index contributed by atoms with van der Waals surface area (Å²) in [5, 5.41) is 9.30. The van der Waals surface area contributed by atoms with Crippen molar-refractivity contribution >= 4 is 6.03 Å². The lowest BCUT2D eigenvalue weighted by atomic mass is 10.1. The highest BCUT2D eigenvalue weighted by atomic mass is 16.2. The van der Waals surface area contributed by atoms with Gasteiger partial charge in [-0.15, -0.1) is 0 Å². The Kier molecular flexibility index (Phi) is 5.74. The zero-order valence-electron chi connectivity index (χ0n) is 11.2. The quantitative estimate of drug-likeness (QED) is 0.670. The smallest absolute Gasteiger partial charge is 0.314 e. The first-order chi connectivity index (χ1) is 8.84. The normalized spacial score (nSPS) is 25.0. The van der Waals surface area contributed by atoms with Crippen molar-refractivity contribution in [3.8, 4) is 0 Å². The average molecular weight is 254 g/mol. The van der Waals surface area contributed by atoms with Crippen LogP contribution in [0.3, 0.4) is 0 Å². The van der Waals surface area contributed by atoms with Crippen molar-refractivity contribution in [1.82, 2.24) is 20.9 Å². The van der Waals surface area contributed by atoms with Crippen LogP contribution in [0, 0.1) is 0 Å². The van der Waals surface area contributed by atoms with E-state index < -0.39 is 0 Å². The summed E-state index contributed by atoms with van der Waals surface area (Å²) < 4.78 is 0. The van der Waals surface area contributed by atoms with E-state index in [-0.39, 0.29) is 6.03 Å². The number of carbonyl (C=O) groups is 1. The zero-order chi connectivity index (χ0) is 12.6. The molecule has 2 rings (SSSR count). The number of hydrogen-bond acceptors (Lipinski definition) is 3. The summed E-state index contributed by atoms with van der Waals surface area (Å²) in [5.41, 5.74) is 0. The number of likely N-dealkylation sites (tertiary alicyclic amines) is 1. The molecule has 0 aromatic heterocycles. The topological polar surface area (TPSA) is 56.4 Å². The second kappa shape index (κ2) is 7.59. The maximum absolute atomic E-state index is 11.6. The molecule has 3 N–H and O–H groups in total. The summed E-state index contributed by atoms with van der Waals surface area (Å²) in [6.07, 6.45) is 6.32. The van der Waals surface area contributed by atoms with Gasteiger partial charge in [0.05, 0.1) is 0 Å². The Labute approximate surface area is 110 Å². The van der Waals surface area contributed by atoms with E-state index >= 15 is 0 Å². The molecule has 1 atom stereocenters. The highest BCUT2D eigenvalue weighted by Gasteiger charge is 2.14. The number of carbonyl (C=O) groups excluding carboxylic acids is 1. The Bertz CT molecular complexity index is 247. The van der Waals surface area contributed by atoms with E-state index in [1.54, 1.807) is 0 Å². The number of urea groups is 1. The molecule has 2 saturated heterocycles. The molecular weight excluding hydrogens is 228 g/mol. The number of rotatable bonds is 5. The van der Waals surface area contributed by atoms with Crippen LogP contribution in [0.5, 0.6) is 0 Å². The summed E-state index contributed by atoms with van der Waals surface area (Å²) >= 11 is 0. The summed E-state index contributed by atoms with van der Waals surface area (Å²) in [4.78, 5) is 14.0. The molecule has 2 aliphatic rings. The maximum atomic E-state index is 11.6. The zero-order valence-corrected chi connectivity index (χ0v) is 11.2. The van der Waals surface area contributed by atoms with Crippen molar-refractivity contribution in [3.63, 3.8) is 0 Å². The fraction of sp³-hybridized carbons (Fsp3) is 0.923. The van der Waals surface area contributed by atoms with E-state index in [0.717, 1.165) is 26.2 Å². The van der Waals surface area contributed by atoms with Crippen LogP contribution in [0.15, 0.2) is 0 Å². The van der Waals surface area contributed by atoms with Crippen LogP contribution in [0.2, 0.25) is 0 Å². The molecule has 1 unspecified atom stereocenters. The molecular formula is C13H26N4O. The molecule has 104 valence electrons. The third-order valence-corrected chi connectivity index (χ3v) is 3.83. The SMILES string of the molecule is O=C(NCCN1CCCC1)NCC1CCCCN1. The number of piperidine rings is 1. The third kappa shape index (κ3) is 4.82. The average Bonchev–Trinajstić information content (AvgIpc) is 2.91. The fourth-order valence-corrected chi connectivity index (χ4v) is 2.71. The summed E-state index contributed by atoms with van der Waals surface area (Å²) in [6, 6.07) is 0.435. The number of hydrogen-bond donors (Lipinski definition) is 3. The molecule has 0 radical (unpaired) electrons. The monoisotopic (exact) mass is 254 g/mol. The molecule has 0 spiro atoms. The molecule has 0 bridgehead atoms. The van der Waals surface area contributed by atoms with Crippen molar-refractivity contribution in [2.24, 2.45) is 0 Å². The molecule has 0 aliphatic carbocycles. The Hall–Kier alpha value is -0.810. The van der Waals surface area contributed by atoms with Gasteiger partial charge in [0.15, 0.2) is 0 Å². The minimum absolute atomic E-state index is 0.0263. The Balaban J connectivity index is 1.49. The van der Waals surface area contributed by atoms with Gasteiger partial charge in [-0.25, -0.2) is 4.79 Å². The Morgan fingerprint density at radius 1 is 1.17 bits per heavy atom. The lowest BCUT2D eigenvalue weighted by molar-refractivity contribution is 0.236. The molecule has 2 fully saturated rings. The van der Waals surface area contributed by atoms with E-state index in [1.165, 1.54) is 45.2 Å². The fourth-order valence-electron chi connectivity index (χ4n) is 2.71. The molecule has 5 heteroatoms. The van der Waals surface area contributed by atoms with Crippen LogP contribution in [-0.4, -0.2) is 56.2 Å². The second-order valence-electron chi connectivity index (χ2n) is 5.33. The van der Waals surface area contributed by atoms with Gasteiger partial charge >= 0.3 is 6.03 Å². The largest absolute Gasteiger partial charge is 0.337 e. The van der Waals surface area contributed by atoms with Gasteiger partial charge in [0.2, 0.25) is 0 Å². The first-order valence-corrected chi connectivity index (χ1v) is 7.32. The van der Waals surface area contributed by atoms with Crippen LogP contribution < -0.4 is 16.0 Å². The van der Waals surface area contributed by atoms with Crippen molar-refractivity contribution in [2.75, 3.05) is 39.3 Å². The molecule has 2 heterocycles. The van der Waals surface area contributed by atoms with Gasteiger partial charge in [-0.3, -0.25) is 0 Å². The van der Waals surface area contributed by atoms with Crippen LogP contribution in [0.25, 0.3) is 0 Å². The molecule has 18 heavy (non-hydrogen) atoms. The predicted octanol–water partition coefficient (Wildman–Crippen LogP) is 0.524. The van der Waals surface area contributed by atoms with Gasteiger partial charge in [-0.2, -0.15) is 0 Å². The van der Waals surface area contributed by atoms with Gasteiger partial charge < -0.3 is 20.9 Å². The first-order valence-electron chi connectivity index (χ1n) is 7.32. The second-order valence-corrected chi connectivity index (χ2v) is 5.33. The van der Waals surface area contributed by atoms with Crippen molar-refractivity contribution in [3.05, 3.63) is 0 Å². The highest BCUT2D eigenvalue weighted by Crippen LogP contribution is 2.06.